The van der Waals surface area contributed by atoms with E-state index in [1.807, 2.05) is 0 Å². The van der Waals surface area contributed by atoms with Crippen LogP contribution in [0, 0.1) is 17.3 Å². The molecule has 2 N–H and O–H groups in total. The number of likely N-dealkylation sites (tertiary alicyclic amines) is 1. The van der Waals surface area contributed by atoms with Crippen molar-refractivity contribution in [1.29, 1.82) is 0 Å². The number of carbonyl (C=O) groups is 1. The van der Waals surface area contributed by atoms with E-state index in [1.54, 1.807) is 0 Å². The van der Waals surface area contributed by atoms with Gasteiger partial charge in [-0.05, 0) is 44.9 Å². The van der Waals surface area contributed by atoms with Crippen LogP contribution in [-0.4, -0.2) is 29.4 Å². The first-order valence-electron chi connectivity index (χ1n) is 7.43. The molecule has 2 rings (SSSR count). The van der Waals surface area contributed by atoms with E-state index in [9.17, 15) is 4.79 Å². The molecule has 1 aliphatic heterocycles. The molecule has 5 unspecified atom stereocenters. The van der Waals surface area contributed by atoms with E-state index < -0.39 is 0 Å². The summed E-state index contributed by atoms with van der Waals surface area (Å²) in [5.74, 6) is 1.51. The van der Waals surface area contributed by atoms with Crippen molar-refractivity contribution in [1.82, 2.24) is 4.90 Å². The Morgan fingerprint density at radius 2 is 2.00 bits per heavy atom. The monoisotopic (exact) mass is 252 g/mol. The molecular formula is C15H28N2O. The van der Waals surface area contributed by atoms with Crippen molar-refractivity contribution < 1.29 is 4.79 Å². The molecule has 5 atom stereocenters. The highest BCUT2D eigenvalue weighted by Crippen LogP contribution is 2.40. The molecule has 18 heavy (non-hydrogen) atoms. The predicted octanol–water partition coefficient (Wildman–Crippen LogP) is 2.40. The number of nitrogens with two attached hydrogens (primary N) is 1. The van der Waals surface area contributed by atoms with Gasteiger partial charge in [0.2, 0.25) is 5.91 Å². The molecule has 0 aromatic carbocycles. The number of rotatable bonds is 1. The number of hydrogen-bond acceptors (Lipinski definition) is 2. The van der Waals surface area contributed by atoms with Crippen LogP contribution in [0.1, 0.15) is 53.4 Å². The Kier molecular flexibility index (Phi) is 3.72. The molecular weight excluding hydrogens is 224 g/mol. The first-order valence-corrected chi connectivity index (χ1v) is 7.43. The fourth-order valence-electron chi connectivity index (χ4n) is 3.77. The zero-order valence-electron chi connectivity index (χ0n) is 12.3. The van der Waals surface area contributed by atoms with Crippen molar-refractivity contribution in [2.24, 2.45) is 23.0 Å². The van der Waals surface area contributed by atoms with Gasteiger partial charge in [0.1, 0.15) is 0 Å². The highest BCUT2D eigenvalue weighted by molar-refractivity contribution is 5.84. The van der Waals surface area contributed by atoms with E-state index in [4.69, 9.17) is 5.73 Å². The van der Waals surface area contributed by atoms with Gasteiger partial charge in [0.15, 0.2) is 0 Å². The van der Waals surface area contributed by atoms with Gasteiger partial charge < -0.3 is 10.6 Å². The van der Waals surface area contributed by atoms with Crippen LogP contribution in [0.2, 0.25) is 0 Å². The summed E-state index contributed by atoms with van der Waals surface area (Å²) >= 11 is 0. The van der Waals surface area contributed by atoms with Crippen molar-refractivity contribution in [2.45, 2.75) is 65.5 Å². The molecule has 0 aromatic rings. The molecule has 0 bridgehead atoms. The van der Waals surface area contributed by atoms with E-state index in [-0.39, 0.29) is 11.5 Å². The maximum absolute atomic E-state index is 12.9. The summed E-state index contributed by atoms with van der Waals surface area (Å²) in [6.45, 7) is 9.69. The van der Waals surface area contributed by atoms with Gasteiger partial charge in [-0.2, -0.15) is 0 Å². The fourth-order valence-corrected chi connectivity index (χ4v) is 3.77. The largest absolute Gasteiger partial charge is 0.339 e. The molecule has 104 valence electrons. The lowest BCUT2D eigenvalue weighted by atomic mass is 9.79. The molecule has 1 heterocycles. The normalized spacial score (nSPS) is 45.3. The molecule has 1 saturated heterocycles. The molecule has 0 spiro atoms. The molecule has 2 aliphatic rings. The third-order valence-electron chi connectivity index (χ3n) is 5.38. The molecule has 2 fully saturated rings. The minimum absolute atomic E-state index is 0.0461. The maximum Gasteiger partial charge on any atom is 0.230 e. The lowest BCUT2D eigenvalue weighted by molar-refractivity contribution is -0.147. The Hall–Kier alpha value is -0.570. The van der Waals surface area contributed by atoms with Crippen LogP contribution in [0.4, 0.5) is 0 Å². The van der Waals surface area contributed by atoms with Gasteiger partial charge in [-0.1, -0.05) is 20.3 Å². The summed E-state index contributed by atoms with van der Waals surface area (Å²) in [6, 6.07) is 0.406. The van der Waals surface area contributed by atoms with E-state index in [1.165, 1.54) is 6.42 Å². The first kappa shape index (κ1) is 13.9. The number of amides is 1. The van der Waals surface area contributed by atoms with Crippen molar-refractivity contribution in [3.8, 4) is 0 Å². The van der Waals surface area contributed by atoms with Gasteiger partial charge in [-0.15, -0.1) is 0 Å². The third-order valence-corrected chi connectivity index (χ3v) is 5.38. The fraction of sp³-hybridized carbons (Fsp3) is 0.933. The highest BCUT2D eigenvalue weighted by atomic mass is 16.2. The Balaban J connectivity index is 2.17. The smallest absolute Gasteiger partial charge is 0.230 e. The minimum atomic E-state index is -0.314. The molecule has 1 aliphatic carbocycles. The lowest BCUT2D eigenvalue weighted by Crippen LogP contribution is -2.56. The van der Waals surface area contributed by atoms with Gasteiger partial charge >= 0.3 is 0 Å². The molecule has 0 radical (unpaired) electrons. The van der Waals surface area contributed by atoms with Gasteiger partial charge in [0.05, 0.1) is 5.41 Å². The van der Waals surface area contributed by atoms with Gasteiger partial charge in [-0.3, -0.25) is 4.79 Å². The zero-order chi connectivity index (χ0) is 13.5. The average molecular weight is 252 g/mol. The molecule has 1 saturated carbocycles. The average Bonchev–Trinajstić information content (AvgIpc) is 2.64. The lowest BCUT2D eigenvalue weighted by Gasteiger charge is -2.45. The Morgan fingerprint density at radius 3 is 2.56 bits per heavy atom. The van der Waals surface area contributed by atoms with Crippen LogP contribution >= 0.6 is 0 Å². The predicted molar refractivity (Wildman–Crippen MR) is 74.1 cm³/mol. The number of piperidine rings is 1. The maximum atomic E-state index is 12.9. The van der Waals surface area contributed by atoms with Gasteiger partial charge in [0.25, 0.3) is 0 Å². The number of nitrogens with zero attached hydrogens (tertiary/aromatic N) is 1. The summed E-state index contributed by atoms with van der Waals surface area (Å²) in [5.41, 5.74) is 5.87. The van der Waals surface area contributed by atoms with Crippen LogP contribution < -0.4 is 5.73 Å². The van der Waals surface area contributed by atoms with Crippen LogP contribution in [0.5, 0.6) is 0 Å². The van der Waals surface area contributed by atoms with Crippen molar-refractivity contribution in [3.63, 3.8) is 0 Å². The standard InChI is InChI=1S/C15H28N2O/c1-10-8-11(2)12(3)17(9-10)14(18)15(4)7-5-6-13(15)16/h10-13H,5-9,16H2,1-4H3. The van der Waals surface area contributed by atoms with E-state index >= 15 is 0 Å². The summed E-state index contributed by atoms with van der Waals surface area (Å²) in [7, 11) is 0. The number of carbonyl (C=O) groups excluding carboxylic acids is 1. The van der Waals surface area contributed by atoms with Crippen molar-refractivity contribution in [2.75, 3.05) is 6.54 Å². The SMILES string of the molecule is CC1CC(C)C(C)N(C(=O)C2(C)CCCC2N)C1. The van der Waals surface area contributed by atoms with Crippen LogP contribution in [0.15, 0.2) is 0 Å². The molecule has 3 nitrogen and oxygen atoms in total. The first-order chi connectivity index (χ1) is 8.36. The van der Waals surface area contributed by atoms with E-state index in [2.05, 4.69) is 32.6 Å². The van der Waals surface area contributed by atoms with E-state index in [0.29, 0.717) is 23.8 Å². The van der Waals surface area contributed by atoms with Gasteiger partial charge in [-0.25, -0.2) is 0 Å². The Labute approximate surface area is 111 Å². The van der Waals surface area contributed by atoms with Gasteiger partial charge in [0, 0.05) is 18.6 Å². The summed E-state index contributed by atoms with van der Waals surface area (Å²) in [6.07, 6.45) is 4.28. The summed E-state index contributed by atoms with van der Waals surface area (Å²) < 4.78 is 0. The topological polar surface area (TPSA) is 46.3 Å². The van der Waals surface area contributed by atoms with Crippen LogP contribution in [0.25, 0.3) is 0 Å². The molecule has 0 aromatic heterocycles. The summed E-state index contributed by atoms with van der Waals surface area (Å²) in [4.78, 5) is 15.0. The second-order valence-electron chi connectivity index (χ2n) is 6.93. The van der Waals surface area contributed by atoms with Crippen molar-refractivity contribution >= 4 is 5.91 Å². The Morgan fingerprint density at radius 1 is 1.33 bits per heavy atom. The second kappa shape index (κ2) is 4.84. The molecule has 1 amide bonds. The zero-order valence-corrected chi connectivity index (χ0v) is 12.3. The second-order valence-corrected chi connectivity index (χ2v) is 6.93. The summed E-state index contributed by atoms with van der Waals surface area (Å²) in [5, 5.41) is 0. The number of hydrogen-bond donors (Lipinski definition) is 1. The quantitative estimate of drug-likeness (QED) is 0.779. The van der Waals surface area contributed by atoms with E-state index in [0.717, 1.165) is 25.8 Å². The van der Waals surface area contributed by atoms with Crippen LogP contribution in [0.3, 0.4) is 0 Å². The Bertz CT molecular complexity index is 330. The third kappa shape index (κ3) is 2.18. The van der Waals surface area contributed by atoms with Crippen molar-refractivity contribution in [3.05, 3.63) is 0 Å². The molecule has 3 heteroatoms. The minimum Gasteiger partial charge on any atom is -0.339 e. The highest BCUT2D eigenvalue weighted by Gasteiger charge is 2.47. The van der Waals surface area contributed by atoms with Crippen LogP contribution in [-0.2, 0) is 4.79 Å².